The maximum atomic E-state index is 5.60. The molecule has 0 unspecified atom stereocenters. The van der Waals surface area contributed by atoms with Gasteiger partial charge in [0.25, 0.3) is 5.97 Å². The van der Waals surface area contributed by atoms with Gasteiger partial charge in [0.15, 0.2) is 0 Å². The van der Waals surface area contributed by atoms with E-state index >= 15 is 0 Å². The molecule has 0 N–H and O–H groups in total. The lowest BCUT2D eigenvalue weighted by atomic mass is 9.91. The van der Waals surface area contributed by atoms with Gasteiger partial charge in [-0.25, -0.2) is 0 Å². The lowest BCUT2D eigenvalue weighted by Gasteiger charge is -2.50. The summed E-state index contributed by atoms with van der Waals surface area (Å²) >= 11 is 0. The van der Waals surface area contributed by atoms with Gasteiger partial charge in [0.1, 0.15) is 0 Å². The number of hydrogen-bond donors (Lipinski definition) is 0. The van der Waals surface area contributed by atoms with Crippen molar-refractivity contribution in [2.24, 2.45) is 5.41 Å². The van der Waals surface area contributed by atoms with Crippen LogP contribution >= 0.6 is 0 Å². The summed E-state index contributed by atoms with van der Waals surface area (Å²) in [4.78, 5) is 0. The molecule has 3 aliphatic heterocycles. The van der Waals surface area contributed by atoms with Gasteiger partial charge in [0, 0.05) is 18.3 Å². The number of hydrogen-bond acceptors (Lipinski definition) is 3. The molecule has 2 bridgehead atoms. The highest BCUT2D eigenvalue weighted by Gasteiger charge is 2.49. The second kappa shape index (κ2) is 3.54. The fraction of sp³-hybridized carbons (Fsp3) is 0.818. The normalized spacial score (nSPS) is 40.9. The van der Waals surface area contributed by atoms with Crippen LogP contribution in [0, 0.1) is 17.8 Å². The van der Waals surface area contributed by atoms with Crippen LogP contribution in [0.3, 0.4) is 0 Å². The summed E-state index contributed by atoms with van der Waals surface area (Å²) in [6, 6.07) is 0. The van der Waals surface area contributed by atoms with Crippen molar-refractivity contribution in [2.45, 2.75) is 32.2 Å². The van der Waals surface area contributed by atoms with E-state index in [1.165, 1.54) is 0 Å². The third-order valence-corrected chi connectivity index (χ3v) is 2.73. The van der Waals surface area contributed by atoms with Gasteiger partial charge in [0.05, 0.1) is 19.8 Å². The minimum atomic E-state index is -0.783. The van der Waals surface area contributed by atoms with Crippen LogP contribution in [0.2, 0.25) is 0 Å². The molecular formula is C11H16O3. The summed E-state index contributed by atoms with van der Waals surface area (Å²) in [7, 11) is 0. The minimum absolute atomic E-state index is 0.0495. The molecule has 0 spiro atoms. The third kappa shape index (κ3) is 1.78. The molecular weight excluding hydrogens is 180 g/mol. The van der Waals surface area contributed by atoms with Crippen LogP contribution in [-0.2, 0) is 14.2 Å². The van der Waals surface area contributed by atoms with Gasteiger partial charge in [0.2, 0.25) is 0 Å². The summed E-state index contributed by atoms with van der Waals surface area (Å²) in [5.41, 5.74) is 0.0495. The summed E-state index contributed by atoms with van der Waals surface area (Å²) in [5.74, 6) is 1.82. The van der Waals surface area contributed by atoms with Crippen molar-refractivity contribution in [3.05, 3.63) is 0 Å². The first kappa shape index (κ1) is 9.97. The zero-order valence-electron chi connectivity index (χ0n) is 8.54. The average Bonchev–Trinajstić information content (AvgIpc) is 2.21. The molecule has 0 aliphatic carbocycles. The predicted octanol–water partition coefficient (Wildman–Crippen LogP) is 1.53. The molecule has 0 saturated carbocycles. The Morgan fingerprint density at radius 1 is 1.21 bits per heavy atom. The van der Waals surface area contributed by atoms with Crippen molar-refractivity contribution in [2.75, 3.05) is 19.8 Å². The molecule has 3 fully saturated rings. The van der Waals surface area contributed by atoms with E-state index in [0.717, 1.165) is 39.1 Å². The summed E-state index contributed by atoms with van der Waals surface area (Å²) < 4.78 is 16.8. The quantitative estimate of drug-likeness (QED) is 0.506. The first-order valence-electron chi connectivity index (χ1n) is 5.03. The first-order chi connectivity index (χ1) is 6.68. The molecule has 0 aromatic rings. The molecule has 0 amide bonds. The van der Waals surface area contributed by atoms with E-state index in [2.05, 4.69) is 12.8 Å². The zero-order chi connectivity index (χ0) is 10.1. The molecule has 3 aliphatic rings. The average molecular weight is 196 g/mol. The van der Waals surface area contributed by atoms with E-state index in [4.69, 9.17) is 20.6 Å². The smallest absolute Gasteiger partial charge is 0.282 e. The standard InChI is InChI=1S/C11H16O3/c1-3-4-5-6-11-12-7-10(2,8-13-11)9-14-11/h1H,4-9H2,2H3. The monoisotopic (exact) mass is 196 g/mol. The van der Waals surface area contributed by atoms with Crippen LogP contribution in [0.4, 0.5) is 0 Å². The van der Waals surface area contributed by atoms with Crippen molar-refractivity contribution in [3.8, 4) is 12.3 Å². The van der Waals surface area contributed by atoms with Crippen LogP contribution < -0.4 is 0 Å². The lowest BCUT2D eigenvalue weighted by molar-refractivity contribution is -0.467. The van der Waals surface area contributed by atoms with E-state index in [9.17, 15) is 0 Å². The van der Waals surface area contributed by atoms with Gasteiger partial charge in [-0.2, -0.15) is 0 Å². The van der Waals surface area contributed by atoms with Crippen LogP contribution in [0.25, 0.3) is 0 Å². The largest absolute Gasteiger partial charge is 0.327 e. The van der Waals surface area contributed by atoms with Gasteiger partial charge in [-0.15, -0.1) is 12.3 Å². The van der Waals surface area contributed by atoms with Crippen LogP contribution in [-0.4, -0.2) is 25.8 Å². The van der Waals surface area contributed by atoms with Gasteiger partial charge in [-0.3, -0.25) is 0 Å². The fourth-order valence-electron chi connectivity index (χ4n) is 1.73. The van der Waals surface area contributed by atoms with Crippen LogP contribution in [0.15, 0.2) is 0 Å². The molecule has 0 radical (unpaired) electrons. The second-order valence-electron chi connectivity index (χ2n) is 4.42. The molecule has 3 heterocycles. The Labute approximate surface area is 84.7 Å². The summed E-state index contributed by atoms with van der Waals surface area (Å²) in [6.45, 7) is 4.28. The number of fused-ring (bicyclic) bond motifs is 3. The van der Waals surface area contributed by atoms with Crippen LogP contribution in [0.1, 0.15) is 26.2 Å². The summed E-state index contributed by atoms with van der Waals surface area (Å²) in [6.07, 6.45) is 7.54. The van der Waals surface area contributed by atoms with E-state index < -0.39 is 5.97 Å². The molecule has 14 heavy (non-hydrogen) atoms. The third-order valence-electron chi connectivity index (χ3n) is 2.73. The Balaban J connectivity index is 1.89. The van der Waals surface area contributed by atoms with E-state index in [-0.39, 0.29) is 5.41 Å². The summed E-state index contributed by atoms with van der Waals surface area (Å²) in [5, 5.41) is 0. The van der Waals surface area contributed by atoms with E-state index in [1.807, 2.05) is 0 Å². The number of ether oxygens (including phenoxy) is 3. The topological polar surface area (TPSA) is 27.7 Å². The zero-order valence-corrected chi connectivity index (χ0v) is 8.54. The van der Waals surface area contributed by atoms with E-state index in [1.54, 1.807) is 0 Å². The maximum absolute atomic E-state index is 5.60. The predicted molar refractivity (Wildman–Crippen MR) is 51.4 cm³/mol. The lowest BCUT2D eigenvalue weighted by Crippen LogP contribution is -2.58. The molecule has 3 nitrogen and oxygen atoms in total. The molecule has 0 atom stereocenters. The van der Waals surface area contributed by atoms with Gasteiger partial charge >= 0.3 is 0 Å². The Hall–Kier alpha value is -0.560. The minimum Gasteiger partial charge on any atom is -0.327 e. The van der Waals surface area contributed by atoms with Crippen molar-refractivity contribution in [1.82, 2.24) is 0 Å². The highest BCUT2D eigenvalue weighted by Crippen LogP contribution is 2.40. The van der Waals surface area contributed by atoms with Crippen molar-refractivity contribution >= 4 is 0 Å². The van der Waals surface area contributed by atoms with Gasteiger partial charge < -0.3 is 14.2 Å². The highest BCUT2D eigenvalue weighted by atomic mass is 16.9. The Kier molecular flexibility index (Phi) is 2.52. The molecule has 3 heteroatoms. The molecule has 0 aromatic carbocycles. The van der Waals surface area contributed by atoms with E-state index in [0.29, 0.717) is 0 Å². The number of unbranched alkanes of at least 4 members (excludes halogenated alkanes) is 1. The molecule has 3 rings (SSSR count). The van der Waals surface area contributed by atoms with Crippen LogP contribution in [0.5, 0.6) is 0 Å². The first-order valence-corrected chi connectivity index (χ1v) is 5.03. The number of terminal acetylenes is 1. The SMILES string of the molecule is C#CCCCC12OCC(C)(CO1)CO2. The van der Waals surface area contributed by atoms with Gasteiger partial charge in [-0.1, -0.05) is 6.92 Å². The fourth-order valence-corrected chi connectivity index (χ4v) is 1.73. The van der Waals surface area contributed by atoms with Gasteiger partial charge in [-0.05, 0) is 6.42 Å². The van der Waals surface area contributed by atoms with Crippen molar-refractivity contribution in [3.63, 3.8) is 0 Å². The molecule has 78 valence electrons. The molecule has 3 saturated heterocycles. The maximum Gasteiger partial charge on any atom is 0.282 e. The Bertz CT molecular complexity index is 229. The van der Waals surface area contributed by atoms with Crippen molar-refractivity contribution < 1.29 is 14.2 Å². The highest BCUT2D eigenvalue weighted by molar-refractivity contribution is 4.87. The van der Waals surface area contributed by atoms with Crippen molar-refractivity contribution in [1.29, 1.82) is 0 Å². The Morgan fingerprint density at radius 2 is 1.79 bits per heavy atom. The second-order valence-corrected chi connectivity index (χ2v) is 4.42. The molecule has 0 aromatic heterocycles. The number of rotatable bonds is 3. The Morgan fingerprint density at radius 3 is 2.29 bits per heavy atom.